The molecule has 1 N–H and O–H groups in total. The van der Waals surface area contributed by atoms with Crippen molar-refractivity contribution in [2.45, 2.75) is 13.8 Å². The molecule has 1 saturated heterocycles. The minimum absolute atomic E-state index is 0.127. The van der Waals surface area contributed by atoms with Crippen molar-refractivity contribution in [1.82, 2.24) is 9.88 Å². The molecule has 3 rings (SSSR count). The third-order valence-electron chi connectivity index (χ3n) is 4.04. The number of H-pyrrole nitrogens is 1. The van der Waals surface area contributed by atoms with Crippen LogP contribution in [0.2, 0.25) is 0 Å². The number of likely N-dealkylation sites (tertiary alicyclic amines) is 1. The van der Waals surface area contributed by atoms with Crippen molar-refractivity contribution in [3.05, 3.63) is 36.0 Å². The van der Waals surface area contributed by atoms with Crippen LogP contribution in [0, 0.1) is 11.8 Å². The highest BCUT2D eigenvalue weighted by Crippen LogP contribution is 2.24. The Kier molecular flexibility index (Phi) is 2.62. The van der Waals surface area contributed by atoms with Crippen LogP contribution in [0.4, 0.5) is 0 Å². The minimum atomic E-state index is 0.127. The molecule has 3 heteroatoms. The lowest BCUT2D eigenvalue weighted by Gasteiger charge is -2.14. The fourth-order valence-electron chi connectivity index (χ4n) is 2.65. The number of carbonyl (C=O) groups excluding carboxylic acids is 1. The zero-order valence-corrected chi connectivity index (χ0v) is 10.8. The molecule has 94 valence electrons. The Labute approximate surface area is 107 Å². The standard InChI is InChI=1S/C15H18N2O/c1-10-8-17(9-11(10)2)15(18)14-7-12-5-3-4-6-13(12)16-14/h3-7,10-11,16H,8-9H2,1-2H3. The van der Waals surface area contributed by atoms with Gasteiger partial charge in [0.05, 0.1) is 0 Å². The molecule has 1 aromatic carbocycles. The number of carbonyl (C=O) groups is 1. The van der Waals surface area contributed by atoms with Gasteiger partial charge in [0.15, 0.2) is 0 Å². The van der Waals surface area contributed by atoms with Gasteiger partial charge in [-0.05, 0) is 24.0 Å². The monoisotopic (exact) mass is 242 g/mol. The van der Waals surface area contributed by atoms with Gasteiger partial charge in [-0.1, -0.05) is 32.0 Å². The Bertz CT molecular complexity index is 544. The highest BCUT2D eigenvalue weighted by molar-refractivity contribution is 5.98. The minimum Gasteiger partial charge on any atom is -0.351 e. The molecule has 1 aliphatic rings. The number of para-hydroxylation sites is 1. The first-order valence-corrected chi connectivity index (χ1v) is 6.52. The van der Waals surface area contributed by atoms with Crippen LogP contribution < -0.4 is 0 Å². The Morgan fingerprint density at radius 3 is 2.56 bits per heavy atom. The molecular weight excluding hydrogens is 224 g/mol. The maximum absolute atomic E-state index is 12.4. The summed E-state index contributed by atoms with van der Waals surface area (Å²) in [6.45, 7) is 6.16. The SMILES string of the molecule is CC1CN(C(=O)c2cc3ccccc3[nH]2)CC1C. The number of amides is 1. The van der Waals surface area contributed by atoms with E-state index in [0.717, 1.165) is 24.0 Å². The lowest BCUT2D eigenvalue weighted by molar-refractivity contribution is 0.0780. The molecule has 18 heavy (non-hydrogen) atoms. The molecule has 1 aliphatic heterocycles. The van der Waals surface area contributed by atoms with Gasteiger partial charge in [0.25, 0.3) is 5.91 Å². The van der Waals surface area contributed by atoms with Crippen molar-refractivity contribution in [1.29, 1.82) is 0 Å². The normalized spacial score (nSPS) is 23.8. The van der Waals surface area contributed by atoms with E-state index in [4.69, 9.17) is 0 Å². The number of aromatic amines is 1. The van der Waals surface area contributed by atoms with E-state index in [1.54, 1.807) is 0 Å². The second-order valence-corrected chi connectivity index (χ2v) is 5.43. The predicted octanol–water partition coefficient (Wildman–Crippen LogP) is 2.90. The maximum atomic E-state index is 12.4. The molecule has 0 bridgehead atoms. The van der Waals surface area contributed by atoms with E-state index in [9.17, 15) is 4.79 Å². The van der Waals surface area contributed by atoms with Crippen LogP contribution in [-0.4, -0.2) is 28.9 Å². The first-order chi connectivity index (χ1) is 8.65. The molecule has 0 saturated carbocycles. The van der Waals surface area contributed by atoms with Gasteiger partial charge in [-0.2, -0.15) is 0 Å². The molecule has 1 aromatic heterocycles. The van der Waals surface area contributed by atoms with Crippen LogP contribution in [0.15, 0.2) is 30.3 Å². The largest absolute Gasteiger partial charge is 0.351 e. The van der Waals surface area contributed by atoms with Crippen molar-refractivity contribution < 1.29 is 4.79 Å². The Hall–Kier alpha value is -1.77. The number of rotatable bonds is 1. The molecule has 2 heterocycles. The van der Waals surface area contributed by atoms with E-state index in [1.807, 2.05) is 35.2 Å². The van der Waals surface area contributed by atoms with Crippen molar-refractivity contribution in [3.63, 3.8) is 0 Å². The van der Waals surface area contributed by atoms with Gasteiger partial charge in [0.1, 0.15) is 5.69 Å². The summed E-state index contributed by atoms with van der Waals surface area (Å²) in [5.74, 6) is 1.32. The molecular formula is C15H18N2O. The number of nitrogens with one attached hydrogen (secondary N) is 1. The fourth-order valence-corrected chi connectivity index (χ4v) is 2.65. The molecule has 0 aliphatic carbocycles. The average Bonchev–Trinajstić information content (AvgIpc) is 2.93. The lowest BCUT2D eigenvalue weighted by atomic mass is 10.0. The molecule has 1 amide bonds. The van der Waals surface area contributed by atoms with Crippen LogP contribution in [0.25, 0.3) is 10.9 Å². The van der Waals surface area contributed by atoms with Crippen molar-refractivity contribution in [2.24, 2.45) is 11.8 Å². The number of aromatic nitrogens is 1. The second kappa shape index (κ2) is 4.16. The Morgan fingerprint density at radius 1 is 1.22 bits per heavy atom. The molecule has 2 aromatic rings. The van der Waals surface area contributed by atoms with Crippen LogP contribution in [0.3, 0.4) is 0 Å². The zero-order valence-electron chi connectivity index (χ0n) is 10.8. The first kappa shape index (κ1) is 11.3. The third kappa shape index (κ3) is 1.80. The highest BCUT2D eigenvalue weighted by atomic mass is 16.2. The number of nitrogens with zero attached hydrogens (tertiary/aromatic N) is 1. The molecule has 0 radical (unpaired) electrons. The van der Waals surface area contributed by atoms with E-state index >= 15 is 0 Å². The number of hydrogen-bond donors (Lipinski definition) is 1. The van der Waals surface area contributed by atoms with Crippen molar-refractivity contribution in [3.8, 4) is 0 Å². The second-order valence-electron chi connectivity index (χ2n) is 5.43. The zero-order chi connectivity index (χ0) is 12.7. The lowest BCUT2D eigenvalue weighted by Crippen LogP contribution is -2.29. The summed E-state index contributed by atoms with van der Waals surface area (Å²) in [7, 11) is 0. The van der Waals surface area contributed by atoms with Crippen molar-refractivity contribution in [2.75, 3.05) is 13.1 Å². The van der Waals surface area contributed by atoms with Gasteiger partial charge in [-0.15, -0.1) is 0 Å². The summed E-state index contributed by atoms with van der Waals surface area (Å²) < 4.78 is 0. The van der Waals surface area contributed by atoms with Crippen LogP contribution in [-0.2, 0) is 0 Å². The van der Waals surface area contributed by atoms with Gasteiger partial charge in [-0.3, -0.25) is 4.79 Å². The summed E-state index contributed by atoms with van der Waals surface area (Å²) in [4.78, 5) is 17.6. The number of benzene rings is 1. The summed E-state index contributed by atoms with van der Waals surface area (Å²) >= 11 is 0. The van der Waals surface area contributed by atoms with Gasteiger partial charge in [-0.25, -0.2) is 0 Å². The summed E-state index contributed by atoms with van der Waals surface area (Å²) in [6, 6.07) is 9.95. The quantitative estimate of drug-likeness (QED) is 0.820. The summed E-state index contributed by atoms with van der Waals surface area (Å²) in [5, 5.41) is 1.10. The molecule has 2 atom stereocenters. The molecule has 3 nitrogen and oxygen atoms in total. The van der Waals surface area contributed by atoms with E-state index in [0.29, 0.717) is 17.5 Å². The van der Waals surface area contributed by atoms with E-state index in [-0.39, 0.29) is 5.91 Å². The number of fused-ring (bicyclic) bond motifs is 1. The topological polar surface area (TPSA) is 36.1 Å². The van der Waals surface area contributed by atoms with E-state index < -0.39 is 0 Å². The third-order valence-corrected chi connectivity index (χ3v) is 4.04. The van der Waals surface area contributed by atoms with Crippen LogP contribution in [0.5, 0.6) is 0 Å². The van der Waals surface area contributed by atoms with Gasteiger partial charge in [0.2, 0.25) is 0 Å². The van der Waals surface area contributed by atoms with Gasteiger partial charge in [0, 0.05) is 24.0 Å². The Morgan fingerprint density at radius 2 is 1.89 bits per heavy atom. The average molecular weight is 242 g/mol. The predicted molar refractivity (Wildman–Crippen MR) is 72.5 cm³/mol. The molecule has 0 spiro atoms. The molecule has 2 unspecified atom stereocenters. The molecule has 1 fully saturated rings. The maximum Gasteiger partial charge on any atom is 0.270 e. The number of hydrogen-bond acceptors (Lipinski definition) is 1. The Balaban J connectivity index is 1.88. The van der Waals surface area contributed by atoms with Crippen LogP contribution in [0.1, 0.15) is 24.3 Å². The van der Waals surface area contributed by atoms with Gasteiger partial charge < -0.3 is 9.88 Å². The fraction of sp³-hybridized carbons (Fsp3) is 0.400. The summed E-state index contributed by atoms with van der Waals surface area (Å²) in [6.07, 6.45) is 0. The van der Waals surface area contributed by atoms with Gasteiger partial charge >= 0.3 is 0 Å². The summed E-state index contributed by atoms with van der Waals surface area (Å²) in [5.41, 5.74) is 1.73. The highest BCUT2D eigenvalue weighted by Gasteiger charge is 2.30. The van der Waals surface area contributed by atoms with E-state index in [2.05, 4.69) is 18.8 Å². The van der Waals surface area contributed by atoms with E-state index in [1.165, 1.54) is 0 Å². The first-order valence-electron chi connectivity index (χ1n) is 6.52. The van der Waals surface area contributed by atoms with Crippen molar-refractivity contribution >= 4 is 16.8 Å². The van der Waals surface area contributed by atoms with Crippen LogP contribution >= 0.6 is 0 Å². The smallest absolute Gasteiger partial charge is 0.270 e.